The first-order valence-corrected chi connectivity index (χ1v) is 9.76. The van der Waals surface area contributed by atoms with Gasteiger partial charge in [0.05, 0.1) is 12.5 Å². The number of carbonyl (C=O) groups is 1. The highest BCUT2D eigenvalue weighted by Crippen LogP contribution is 2.29. The molecule has 0 aliphatic carbocycles. The van der Waals surface area contributed by atoms with Gasteiger partial charge in [0.25, 0.3) is 0 Å². The fourth-order valence-corrected chi connectivity index (χ4v) is 4.13. The second kappa shape index (κ2) is 7.76. The highest BCUT2D eigenvalue weighted by molar-refractivity contribution is 5.78. The highest BCUT2D eigenvalue weighted by Gasteiger charge is 2.29. The number of likely N-dealkylation sites (tertiary alicyclic amines) is 1. The normalized spacial score (nSPS) is 21.0. The Balaban J connectivity index is 1.44. The van der Waals surface area contributed by atoms with Gasteiger partial charge in [-0.3, -0.25) is 9.69 Å². The third-order valence-electron chi connectivity index (χ3n) is 5.74. The van der Waals surface area contributed by atoms with Crippen molar-refractivity contribution in [1.82, 2.24) is 24.6 Å². The van der Waals surface area contributed by atoms with Crippen LogP contribution in [0.4, 0.5) is 4.39 Å². The number of aromatic nitrogens is 3. The predicted molar refractivity (Wildman–Crippen MR) is 99.6 cm³/mol. The van der Waals surface area contributed by atoms with Crippen LogP contribution in [0.15, 0.2) is 24.3 Å². The molecule has 0 spiro atoms. The summed E-state index contributed by atoms with van der Waals surface area (Å²) in [6, 6.07) is 6.48. The third-order valence-corrected chi connectivity index (χ3v) is 5.74. The minimum Gasteiger partial charge on any atom is -0.340 e. The van der Waals surface area contributed by atoms with Gasteiger partial charge in [-0.2, -0.15) is 0 Å². The van der Waals surface area contributed by atoms with Crippen molar-refractivity contribution in [3.05, 3.63) is 47.3 Å². The van der Waals surface area contributed by atoms with Gasteiger partial charge in [-0.15, -0.1) is 10.2 Å². The van der Waals surface area contributed by atoms with E-state index in [1.54, 1.807) is 12.1 Å². The zero-order chi connectivity index (χ0) is 18.8. The Labute approximate surface area is 159 Å². The molecule has 0 bridgehead atoms. The molecule has 2 aliphatic heterocycles. The van der Waals surface area contributed by atoms with Crippen LogP contribution >= 0.6 is 0 Å². The van der Waals surface area contributed by atoms with Crippen molar-refractivity contribution in [3.63, 3.8) is 0 Å². The first kappa shape index (κ1) is 18.1. The summed E-state index contributed by atoms with van der Waals surface area (Å²) in [4.78, 5) is 17.0. The average molecular weight is 371 g/mol. The van der Waals surface area contributed by atoms with E-state index < -0.39 is 0 Å². The van der Waals surface area contributed by atoms with Crippen LogP contribution in [0, 0.1) is 5.82 Å². The summed E-state index contributed by atoms with van der Waals surface area (Å²) in [5.41, 5.74) is 0.842. The molecule has 0 saturated carbocycles. The molecule has 0 N–H and O–H groups in total. The van der Waals surface area contributed by atoms with Gasteiger partial charge in [0, 0.05) is 26.1 Å². The molecule has 0 unspecified atom stereocenters. The first-order valence-electron chi connectivity index (χ1n) is 9.76. The first-order chi connectivity index (χ1) is 13.1. The van der Waals surface area contributed by atoms with Gasteiger partial charge in [0.15, 0.2) is 0 Å². The Kier molecular flexibility index (Phi) is 5.20. The zero-order valence-corrected chi connectivity index (χ0v) is 15.8. The minimum absolute atomic E-state index is 0.0802. The molecule has 2 aromatic rings. The smallest absolute Gasteiger partial charge is 0.227 e. The molecule has 1 aromatic heterocycles. The maximum Gasteiger partial charge on any atom is 0.227 e. The van der Waals surface area contributed by atoms with Crippen LogP contribution in [0.25, 0.3) is 0 Å². The molecule has 3 heterocycles. The van der Waals surface area contributed by atoms with Gasteiger partial charge in [0.1, 0.15) is 17.5 Å². The van der Waals surface area contributed by atoms with Crippen molar-refractivity contribution in [3.8, 4) is 0 Å². The van der Waals surface area contributed by atoms with Crippen LogP contribution in [-0.2, 0) is 24.2 Å². The molecule has 0 radical (unpaired) electrons. The van der Waals surface area contributed by atoms with Crippen molar-refractivity contribution >= 4 is 5.91 Å². The number of rotatable bonds is 3. The molecule has 1 amide bonds. The van der Waals surface area contributed by atoms with Crippen molar-refractivity contribution in [2.45, 2.75) is 44.7 Å². The maximum atomic E-state index is 13.1. The Morgan fingerprint density at radius 2 is 1.93 bits per heavy atom. The average Bonchev–Trinajstić information content (AvgIpc) is 2.94. The number of hydrogen-bond donors (Lipinski definition) is 0. The lowest BCUT2D eigenvalue weighted by atomic mass is 10.0. The number of halogens is 1. The summed E-state index contributed by atoms with van der Waals surface area (Å²) in [5.74, 6) is 1.82. The summed E-state index contributed by atoms with van der Waals surface area (Å²) in [6.45, 7) is 3.14. The zero-order valence-electron chi connectivity index (χ0n) is 15.8. The third kappa shape index (κ3) is 3.88. The molecule has 1 aromatic carbocycles. The molecule has 1 fully saturated rings. The second-order valence-corrected chi connectivity index (χ2v) is 7.55. The lowest BCUT2D eigenvalue weighted by Gasteiger charge is -2.32. The number of carbonyl (C=O) groups excluding carboxylic acids is 1. The van der Waals surface area contributed by atoms with E-state index in [1.165, 1.54) is 25.0 Å². The van der Waals surface area contributed by atoms with E-state index in [0.29, 0.717) is 25.6 Å². The standard InChI is InChI=1S/C20H26FN5O/c1-24-10-3-2-4-17(24)20-23-22-18-9-11-25(12-13-26(18)20)19(27)14-15-5-7-16(21)8-6-15/h5-8,17H,2-4,9-14H2,1H3/t17-/m0/s1. The largest absolute Gasteiger partial charge is 0.340 e. The van der Waals surface area contributed by atoms with Crippen LogP contribution < -0.4 is 0 Å². The van der Waals surface area contributed by atoms with Crippen LogP contribution in [0.3, 0.4) is 0 Å². The number of nitrogens with zero attached hydrogens (tertiary/aromatic N) is 5. The quantitative estimate of drug-likeness (QED) is 0.830. The van der Waals surface area contributed by atoms with Crippen LogP contribution in [0.2, 0.25) is 0 Å². The minimum atomic E-state index is -0.279. The molecule has 144 valence electrons. The molecule has 1 saturated heterocycles. The summed E-state index contributed by atoms with van der Waals surface area (Å²) in [7, 11) is 2.15. The lowest BCUT2D eigenvalue weighted by molar-refractivity contribution is -0.130. The van der Waals surface area contributed by atoms with E-state index in [0.717, 1.165) is 43.1 Å². The fraction of sp³-hybridized carbons (Fsp3) is 0.550. The lowest BCUT2D eigenvalue weighted by Crippen LogP contribution is -2.35. The Morgan fingerprint density at radius 1 is 1.11 bits per heavy atom. The number of amides is 1. The van der Waals surface area contributed by atoms with E-state index in [4.69, 9.17) is 0 Å². The molecule has 7 heteroatoms. The Hall–Kier alpha value is -2.28. The number of fused-ring (bicyclic) bond motifs is 1. The van der Waals surface area contributed by atoms with Gasteiger partial charge >= 0.3 is 0 Å². The summed E-state index contributed by atoms with van der Waals surface area (Å²) < 4.78 is 15.3. The topological polar surface area (TPSA) is 54.3 Å². The number of hydrogen-bond acceptors (Lipinski definition) is 4. The Bertz CT molecular complexity index is 803. The summed E-state index contributed by atoms with van der Waals surface area (Å²) >= 11 is 0. The molecular formula is C20H26FN5O. The maximum absolute atomic E-state index is 13.1. The highest BCUT2D eigenvalue weighted by atomic mass is 19.1. The fourth-order valence-electron chi connectivity index (χ4n) is 4.13. The van der Waals surface area contributed by atoms with Crippen LogP contribution in [-0.4, -0.2) is 57.2 Å². The van der Waals surface area contributed by atoms with Crippen molar-refractivity contribution in [2.75, 3.05) is 26.7 Å². The van der Waals surface area contributed by atoms with Gasteiger partial charge in [0.2, 0.25) is 5.91 Å². The van der Waals surface area contributed by atoms with E-state index in [2.05, 4.69) is 26.7 Å². The summed E-state index contributed by atoms with van der Waals surface area (Å²) in [6.07, 6.45) is 4.60. The molecule has 4 rings (SSSR count). The predicted octanol–water partition coefficient (Wildman–Crippen LogP) is 2.20. The number of benzene rings is 1. The molecule has 6 nitrogen and oxygen atoms in total. The van der Waals surface area contributed by atoms with Crippen molar-refractivity contribution in [2.24, 2.45) is 0 Å². The molecule has 27 heavy (non-hydrogen) atoms. The van der Waals surface area contributed by atoms with Gasteiger partial charge in [-0.25, -0.2) is 4.39 Å². The molecular weight excluding hydrogens is 345 g/mol. The van der Waals surface area contributed by atoms with Crippen LogP contribution in [0.5, 0.6) is 0 Å². The molecule has 1 atom stereocenters. The monoisotopic (exact) mass is 371 g/mol. The second-order valence-electron chi connectivity index (χ2n) is 7.55. The SMILES string of the molecule is CN1CCCC[C@H]1c1nnc2n1CCN(C(=O)Cc1ccc(F)cc1)CC2. The van der Waals surface area contributed by atoms with E-state index in [9.17, 15) is 9.18 Å². The van der Waals surface area contributed by atoms with Crippen LogP contribution in [0.1, 0.15) is 42.5 Å². The number of piperidine rings is 1. The van der Waals surface area contributed by atoms with E-state index >= 15 is 0 Å². The van der Waals surface area contributed by atoms with Gasteiger partial charge in [-0.1, -0.05) is 18.6 Å². The van der Waals surface area contributed by atoms with E-state index in [1.807, 2.05) is 4.90 Å². The summed E-state index contributed by atoms with van der Waals surface area (Å²) in [5, 5.41) is 8.91. The Morgan fingerprint density at radius 3 is 2.70 bits per heavy atom. The van der Waals surface area contributed by atoms with Crippen molar-refractivity contribution < 1.29 is 9.18 Å². The van der Waals surface area contributed by atoms with Gasteiger partial charge in [-0.05, 0) is 44.1 Å². The van der Waals surface area contributed by atoms with Gasteiger partial charge < -0.3 is 9.47 Å². The van der Waals surface area contributed by atoms with E-state index in [-0.39, 0.29) is 11.7 Å². The van der Waals surface area contributed by atoms with Crippen molar-refractivity contribution in [1.29, 1.82) is 0 Å². The molecule has 2 aliphatic rings.